The van der Waals surface area contributed by atoms with E-state index in [4.69, 9.17) is 10.8 Å². The van der Waals surface area contributed by atoms with E-state index in [0.29, 0.717) is 34.9 Å². The molecule has 1 spiro atoms. The van der Waals surface area contributed by atoms with Crippen molar-refractivity contribution >= 4 is 22.5 Å². The van der Waals surface area contributed by atoms with Gasteiger partial charge in [-0.25, -0.2) is 9.48 Å². The maximum absolute atomic E-state index is 13.8. The molecule has 2 aliphatic carbocycles. The summed E-state index contributed by atoms with van der Waals surface area (Å²) in [6.45, 7) is 1.58. The van der Waals surface area contributed by atoms with E-state index >= 15 is 0 Å². The van der Waals surface area contributed by atoms with Crippen LogP contribution in [0.5, 0.6) is 0 Å². The quantitative estimate of drug-likeness (QED) is 0.197. The maximum Gasteiger partial charge on any atom is 0.332 e. The van der Waals surface area contributed by atoms with Gasteiger partial charge in [-0.05, 0) is 67.2 Å². The van der Waals surface area contributed by atoms with Gasteiger partial charge in [0.25, 0.3) is 5.56 Å². The summed E-state index contributed by atoms with van der Waals surface area (Å²) in [5.41, 5.74) is 10.0. The van der Waals surface area contributed by atoms with Gasteiger partial charge in [-0.1, -0.05) is 107 Å². The molecule has 0 amide bonds. The molecule has 3 heterocycles. The van der Waals surface area contributed by atoms with Gasteiger partial charge in [-0.15, -0.1) is 0 Å². The number of hydrogen-bond donors (Lipinski definition) is 3. The first-order valence-corrected chi connectivity index (χ1v) is 19.0. The molecule has 0 radical (unpaired) electrons. The van der Waals surface area contributed by atoms with Gasteiger partial charge in [0.2, 0.25) is 0 Å². The predicted octanol–water partition coefficient (Wildman–Crippen LogP) is 7.46. The summed E-state index contributed by atoms with van der Waals surface area (Å²) in [5.74, 6) is 0.588. The van der Waals surface area contributed by atoms with E-state index in [0.717, 1.165) is 43.5 Å². The molecule has 2 aromatic heterocycles. The van der Waals surface area contributed by atoms with Gasteiger partial charge < -0.3 is 16.4 Å². The summed E-state index contributed by atoms with van der Waals surface area (Å²) in [7, 11) is 1.56. The Morgan fingerprint density at radius 2 is 1.51 bits per heavy atom. The Hall–Kier alpha value is -3.69. The van der Waals surface area contributed by atoms with Crippen molar-refractivity contribution in [2.75, 3.05) is 11.9 Å². The van der Waals surface area contributed by atoms with E-state index in [1.165, 1.54) is 87.2 Å². The monoisotopic (exact) mass is 665 g/mol. The molecule has 1 aliphatic heterocycles. The van der Waals surface area contributed by atoms with Crippen LogP contribution in [-0.4, -0.2) is 31.5 Å². The van der Waals surface area contributed by atoms with Crippen LogP contribution in [0.4, 0.5) is 11.5 Å². The van der Waals surface area contributed by atoms with E-state index in [-0.39, 0.29) is 23.3 Å². The first-order valence-electron chi connectivity index (χ1n) is 19.0. The van der Waals surface area contributed by atoms with Crippen LogP contribution in [-0.2, 0) is 13.6 Å². The lowest BCUT2D eigenvalue weighted by Crippen LogP contribution is -2.45. The standard InChI is InChI=1S/C40H55N7O2/c1-45-38(48)35-36(43-31-15-9-8-10-16-31)46(44-37(35)47(39(45)49)34-18-12-11-17-32(34)41)27-29-19-21-30(22-20-29)33-23-26-40(28-42-33)24-13-6-4-2-3-5-7-14-25-40/h8-10,15-16,19-22,32-34,42-43H,2-7,11-14,17-18,23-28,41H2,1H3. The first kappa shape index (κ1) is 33.8. The summed E-state index contributed by atoms with van der Waals surface area (Å²) in [5, 5.41) is 12.9. The van der Waals surface area contributed by atoms with E-state index in [2.05, 4.69) is 34.9 Å². The molecule has 4 N–H and O–H groups in total. The van der Waals surface area contributed by atoms with Crippen molar-refractivity contribution in [2.45, 2.75) is 127 Å². The molecular formula is C40H55N7O2. The molecule has 262 valence electrons. The van der Waals surface area contributed by atoms with Crippen molar-refractivity contribution in [3.05, 3.63) is 86.6 Å². The third-order valence-corrected chi connectivity index (χ3v) is 11.9. The second-order valence-corrected chi connectivity index (χ2v) is 15.3. The number of nitrogens with zero attached hydrogens (tertiary/aromatic N) is 4. The lowest BCUT2D eigenvalue weighted by atomic mass is 9.71. The first-order chi connectivity index (χ1) is 23.9. The van der Waals surface area contributed by atoms with E-state index in [9.17, 15) is 9.59 Å². The highest BCUT2D eigenvalue weighted by molar-refractivity contribution is 5.89. The molecule has 3 fully saturated rings. The molecule has 3 aliphatic rings. The third kappa shape index (κ3) is 7.29. The molecule has 49 heavy (non-hydrogen) atoms. The highest BCUT2D eigenvalue weighted by Gasteiger charge is 2.35. The van der Waals surface area contributed by atoms with Crippen LogP contribution in [0.1, 0.15) is 126 Å². The second-order valence-electron chi connectivity index (χ2n) is 15.3. The number of rotatable bonds is 6. The molecule has 4 aromatic rings. The summed E-state index contributed by atoms with van der Waals surface area (Å²) in [6, 6.07) is 18.7. The van der Waals surface area contributed by atoms with Crippen molar-refractivity contribution in [3.63, 3.8) is 0 Å². The molecule has 9 nitrogen and oxygen atoms in total. The van der Waals surface area contributed by atoms with Crippen molar-refractivity contribution < 1.29 is 0 Å². The van der Waals surface area contributed by atoms with Gasteiger partial charge >= 0.3 is 5.69 Å². The number of piperidine rings is 1. The van der Waals surface area contributed by atoms with Gasteiger partial charge in [-0.2, -0.15) is 5.10 Å². The smallest absolute Gasteiger partial charge is 0.332 e. The highest BCUT2D eigenvalue weighted by atomic mass is 16.2. The Kier molecular flexibility index (Phi) is 10.4. The van der Waals surface area contributed by atoms with Gasteiger partial charge in [0.1, 0.15) is 11.2 Å². The molecule has 0 bridgehead atoms. The Morgan fingerprint density at radius 3 is 2.16 bits per heavy atom. The molecule has 3 atom stereocenters. The minimum Gasteiger partial charge on any atom is -0.340 e. The summed E-state index contributed by atoms with van der Waals surface area (Å²) < 4.78 is 4.75. The number of para-hydroxylation sites is 1. The van der Waals surface area contributed by atoms with Crippen molar-refractivity contribution in [2.24, 2.45) is 18.2 Å². The number of nitrogens with one attached hydrogen (secondary N) is 2. The van der Waals surface area contributed by atoms with Gasteiger partial charge in [-0.3, -0.25) is 13.9 Å². The lowest BCUT2D eigenvalue weighted by molar-refractivity contribution is 0.141. The molecule has 9 heteroatoms. The zero-order valence-corrected chi connectivity index (χ0v) is 29.3. The fourth-order valence-corrected chi connectivity index (χ4v) is 8.89. The van der Waals surface area contributed by atoms with E-state index in [1.54, 1.807) is 11.6 Å². The normalized spacial score (nSPS) is 23.7. The average Bonchev–Trinajstić information content (AvgIpc) is 3.44. The molecule has 2 aromatic carbocycles. The average molecular weight is 666 g/mol. The second kappa shape index (κ2) is 15.1. The van der Waals surface area contributed by atoms with Crippen LogP contribution in [0, 0.1) is 5.41 Å². The highest BCUT2D eigenvalue weighted by Crippen LogP contribution is 2.42. The number of nitrogens with two attached hydrogens (primary N) is 1. The van der Waals surface area contributed by atoms with Gasteiger partial charge in [0.15, 0.2) is 5.65 Å². The van der Waals surface area contributed by atoms with E-state index < -0.39 is 0 Å². The van der Waals surface area contributed by atoms with Crippen LogP contribution in [0.15, 0.2) is 64.2 Å². The zero-order valence-electron chi connectivity index (χ0n) is 29.3. The Labute approximate surface area is 290 Å². The lowest BCUT2D eigenvalue weighted by Gasteiger charge is -2.42. The molecule has 3 unspecified atom stereocenters. The van der Waals surface area contributed by atoms with Crippen LogP contribution in [0.25, 0.3) is 11.0 Å². The zero-order chi connectivity index (χ0) is 33.8. The van der Waals surface area contributed by atoms with Gasteiger partial charge in [0.05, 0.1) is 12.6 Å². The Morgan fingerprint density at radius 1 is 0.837 bits per heavy atom. The summed E-state index contributed by atoms with van der Waals surface area (Å²) >= 11 is 0. The fourth-order valence-electron chi connectivity index (χ4n) is 8.89. The predicted molar refractivity (Wildman–Crippen MR) is 199 cm³/mol. The van der Waals surface area contributed by atoms with E-state index in [1.807, 2.05) is 35.0 Å². The molecule has 2 saturated carbocycles. The molecule has 1 saturated heterocycles. The van der Waals surface area contributed by atoms with Crippen LogP contribution in [0.2, 0.25) is 0 Å². The van der Waals surface area contributed by atoms with Crippen LogP contribution >= 0.6 is 0 Å². The SMILES string of the molecule is Cn1c(=O)c2c(Nc3ccccc3)n(Cc3ccc(C4CCC5(CCCCCCCCCC5)CN4)cc3)nc2n(C2CCCCC2N)c1=O. The van der Waals surface area contributed by atoms with Crippen molar-refractivity contribution in [1.82, 2.24) is 24.2 Å². The summed E-state index contributed by atoms with van der Waals surface area (Å²) in [6.07, 6.45) is 20.1. The van der Waals surface area contributed by atoms with Crippen LogP contribution < -0.4 is 27.6 Å². The maximum atomic E-state index is 13.8. The van der Waals surface area contributed by atoms with Crippen LogP contribution in [0.3, 0.4) is 0 Å². The number of anilines is 2. The number of aromatic nitrogens is 4. The summed E-state index contributed by atoms with van der Waals surface area (Å²) in [4.78, 5) is 27.4. The third-order valence-electron chi connectivity index (χ3n) is 11.9. The number of hydrogen-bond acceptors (Lipinski definition) is 6. The van der Waals surface area contributed by atoms with Crippen molar-refractivity contribution in [1.29, 1.82) is 0 Å². The minimum atomic E-state index is -0.358. The van der Waals surface area contributed by atoms with Crippen molar-refractivity contribution in [3.8, 4) is 0 Å². The molecular weight excluding hydrogens is 610 g/mol. The Bertz CT molecular complexity index is 1800. The molecule has 7 rings (SSSR count). The largest absolute Gasteiger partial charge is 0.340 e. The number of benzene rings is 2. The fraction of sp³-hybridized carbons (Fsp3) is 0.575. The van der Waals surface area contributed by atoms with Gasteiger partial charge in [0, 0.05) is 31.4 Å². The number of fused-ring (bicyclic) bond motifs is 1. The minimum absolute atomic E-state index is 0.163. The topological polar surface area (TPSA) is 112 Å². The Balaban J connectivity index is 1.15.